The van der Waals surface area contributed by atoms with Gasteiger partial charge in [-0.2, -0.15) is 0 Å². The minimum atomic E-state index is -0.572. The molecule has 2 aromatic rings. The second-order valence-corrected chi connectivity index (χ2v) is 5.53. The number of benzene rings is 1. The van der Waals surface area contributed by atoms with Crippen LogP contribution in [0.3, 0.4) is 0 Å². The van der Waals surface area contributed by atoms with E-state index in [1.54, 1.807) is 16.8 Å². The Morgan fingerprint density at radius 1 is 1.44 bits per heavy atom. The number of nitrogens with one attached hydrogen (secondary N) is 2. The van der Waals surface area contributed by atoms with Crippen molar-refractivity contribution in [1.29, 1.82) is 0 Å². The number of hydrogen-bond acceptors (Lipinski definition) is 4. The van der Waals surface area contributed by atoms with Crippen molar-refractivity contribution >= 4 is 33.1 Å². The summed E-state index contributed by atoms with van der Waals surface area (Å²) in [6.07, 6.45) is 0. The van der Waals surface area contributed by atoms with Gasteiger partial charge in [0, 0.05) is 5.69 Å². The number of carbonyl (C=O) groups is 1. The molecular weight excluding hydrogens is 246 g/mol. The van der Waals surface area contributed by atoms with Crippen LogP contribution in [-0.4, -0.2) is 23.0 Å². The van der Waals surface area contributed by atoms with Crippen LogP contribution in [0.1, 0.15) is 20.8 Å². The van der Waals surface area contributed by atoms with E-state index in [2.05, 4.69) is 15.6 Å². The van der Waals surface area contributed by atoms with Gasteiger partial charge in [0.15, 0.2) is 0 Å². The molecule has 0 aliphatic carbocycles. The molecule has 0 bridgehead atoms. The van der Waals surface area contributed by atoms with Gasteiger partial charge in [-0.3, -0.25) is 4.79 Å². The lowest BCUT2D eigenvalue weighted by molar-refractivity contribution is -0.121. The van der Waals surface area contributed by atoms with Gasteiger partial charge >= 0.3 is 0 Å². The molecule has 0 saturated carbocycles. The fourth-order valence-electron chi connectivity index (χ4n) is 1.74. The third kappa shape index (κ3) is 2.68. The topological polar surface area (TPSA) is 54.0 Å². The molecule has 1 aromatic carbocycles. The first-order valence-corrected chi connectivity index (χ1v) is 6.80. The number of rotatable bonds is 4. The molecule has 5 heteroatoms. The average Bonchev–Trinajstić information content (AvgIpc) is 2.76. The first-order valence-electron chi connectivity index (χ1n) is 5.92. The lowest BCUT2D eigenvalue weighted by Gasteiger charge is -2.24. The van der Waals surface area contributed by atoms with Crippen LogP contribution in [0.2, 0.25) is 0 Å². The third-order valence-electron chi connectivity index (χ3n) is 2.78. The molecule has 0 unspecified atom stereocenters. The molecule has 0 aliphatic rings. The highest BCUT2D eigenvalue weighted by Gasteiger charge is 2.26. The van der Waals surface area contributed by atoms with Gasteiger partial charge in [-0.15, -0.1) is 11.3 Å². The van der Waals surface area contributed by atoms with Crippen molar-refractivity contribution in [3.8, 4) is 0 Å². The van der Waals surface area contributed by atoms with E-state index >= 15 is 0 Å². The Morgan fingerprint density at radius 2 is 2.22 bits per heavy atom. The summed E-state index contributed by atoms with van der Waals surface area (Å²) in [6.45, 7) is 6.49. The molecule has 2 rings (SSSR count). The van der Waals surface area contributed by atoms with E-state index < -0.39 is 5.54 Å². The van der Waals surface area contributed by atoms with Crippen molar-refractivity contribution in [2.45, 2.75) is 26.3 Å². The molecule has 1 aromatic heterocycles. The molecule has 1 heterocycles. The predicted molar refractivity (Wildman–Crippen MR) is 76.0 cm³/mol. The number of anilines is 1. The van der Waals surface area contributed by atoms with Crippen molar-refractivity contribution < 1.29 is 4.79 Å². The van der Waals surface area contributed by atoms with Gasteiger partial charge in [-0.05, 0) is 38.6 Å². The molecule has 0 radical (unpaired) electrons. The maximum atomic E-state index is 12.1. The van der Waals surface area contributed by atoms with Gasteiger partial charge in [0.25, 0.3) is 0 Å². The fraction of sp³-hybridized carbons (Fsp3) is 0.385. The zero-order valence-electron chi connectivity index (χ0n) is 10.8. The monoisotopic (exact) mass is 263 g/mol. The van der Waals surface area contributed by atoms with Crippen LogP contribution in [0, 0.1) is 0 Å². The summed E-state index contributed by atoms with van der Waals surface area (Å²) in [5.41, 5.74) is 3.00. The van der Waals surface area contributed by atoms with E-state index in [-0.39, 0.29) is 5.91 Å². The van der Waals surface area contributed by atoms with Crippen molar-refractivity contribution in [1.82, 2.24) is 10.3 Å². The van der Waals surface area contributed by atoms with E-state index in [9.17, 15) is 4.79 Å². The molecule has 0 fully saturated rings. The molecule has 0 saturated heterocycles. The highest BCUT2D eigenvalue weighted by Crippen LogP contribution is 2.22. The maximum absolute atomic E-state index is 12.1. The van der Waals surface area contributed by atoms with Crippen LogP contribution in [0.15, 0.2) is 23.7 Å². The van der Waals surface area contributed by atoms with Crippen LogP contribution in [0.4, 0.5) is 5.69 Å². The van der Waals surface area contributed by atoms with E-state index in [4.69, 9.17) is 0 Å². The fourth-order valence-corrected chi connectivity index (χ4v) is 2.46. The highest BCUT2D eigenvalue weighted by molar-refractivity contribution is 7.16. The molecular formula is C13H17N3OS. The number of hydrogen-bond donors (Lipinski definition) is 2. The quantitative estimate of drug-likeness (QED) is 0.891. The minimum Gasteiger partial charge on any atom is -0.324 e. The lowest BCUT2D eigenvalue weighted by atomic mass is 10.0. The zero-order chi connectivity index (χ0) is 13.2. The summed E-state index contributed by atoms with van der Waals surface area (Å²) in [5, 5.41) is 6.08. The average molecular weight is 263 g/mol. The molecule has 1 amide bonds. The van der Waals surface area contributed by atoms with Gasteiger partial charge in [0.2, 0.25) is 5.91 Å². The first-order chi connectivity index (χ1) is 8.53. The summed E-state index contributed by atoms with van der Waals surface area (Å²) >= 11 is 1.57. The molecule has 0 atom stereocenters. The predicted octanol–water partition coefficient (Wildman–Crippen LogP) is 2.62. The molecule has 0 spiro atoms. The summed E-state index contributed by atoms with van der Waals surface area (Å²) in [4.78, 5) is 16.3. The standard InChI is InChI=1S/C13H17N3OS/c1-4-15-13(2,3)12(17)16-9-5-6-10-11(7-9)18-8-14-10/h5-8,15H,4H2,1-3H3,(H,16,17). The molecule has 2 N–H and O–H groups in total. The summed E-state index contributed by atoms with van der Waals surface area (Å²) in [5.74, 6) is -0.0341. The van der Waals surface area contributed by atoms with Crippen molar-refractivity contribution in [2.75, 3.05) is 11.9 Å². The number of carbonyl (C=O) groups excluding carboxylic acids is 1. The number of likely N-dealkylation sites (N-methyl/N-ethyl adjacent to an activating group) is 1. The van der Waals surface area contributed by atoms with Gasteiger partial charge < -0.3 is 10.6 Å². The van der Waals surface area contributed by atoms with Crippen molar-refractivity contribution in [3.05, 3.63) is 23.7 Å². The SMILES string of the molecule is CCNC(C)(C)C(=O)Nc1ccc2ncsc2c1. The number of amides is 1. The van der Waals surface area contributed by atoms with E-state index in [0.717, 1.165) is 22.4 Å². The Morgan fingerprint density at radius 3 is 2.94 bits per heavy atom. The molecule has 18 heavy (non-hydrogen) atoms. The zero-order valence-corrected chi connectivity index (χ0v) is 11.6. The summed E-state index contributed by atoms with van der Waals surface area (Å²) < 4.78 is 1.08. The van der Waals surface area contributed by atoms with Gasteiger partial charge in [-0.1, -0.05) is 6.92 Å². The number of thiazole rings is 1. The summed E-state index contributed by atoms with van der Waals surface area (Å²) in [6, 6.07) is 5.75. The second kappa shape index (κ2) is 5.04. The van der Waals surface area contributed by atoms with Gasteiger partial charge in [-0.25, -0.2) is 4.98 Å². The molecule has 0 aliphatic heterocycles. The van der Waals surface area contributed by atoms with Crippen LogP contribution in [0.5, 0.6) is 0 Å². The van der Waals surface area contributed by atoms with E-state index in [1.165, 1.54) is 0 Å². The Kier molecular flexibility index (Phi) is 3.63. The Bertz CT molecular complexity index is 562. The normalized spacial score (nSPS) is 11.7. The van der Waals surface area contributed by atoms with Crippen molar-refractivity contribution in [3.63, 3.8) is 0 Å². The van der Waals surface area contributed by atoms with Crippen LogP contribution in [0.25, 0.3) is 10.2 Å². The maximum Gasteiger partial charge on any atom is 0.244 e. The van der Waals surface area contributed by atoms with Gasteiger partial charge in [0.05, 0.1) is 21.3 Å². The smallest absolute Gasteiger partial charge is 0.244 e. The van der Waals surface area contributed by atoms with Crippen molar-refractivity contribution in [2.24, 2.45) is 0 Å². The lowest BCUT2D eigenvalue weighted by Crippen LogP contribution is -2.49. The number of nitrogens with zero attached hydrogens (tertiary/aromatic N) is 1. The molecule has 4 nitrogen and oxygen atoms in total. The van der Waals surface area contributed by atoms with Gasteiger partial charge in [0.1, 0.15) is 0 Å². The van der Waals surface area contributed by atoms with Crippen LogP contribution in [-0.2, 0) is 4.79 Å². The molecule has 96 valence electrons. The number of fused-ring (bicyclic) bond motifs is 1. The summed E-state index contributed by atoms with van der Waals surface area (Å²) in [7, 11) is 0. The van der Waals surface area contributed by atoms with E-state index in [1.807, 2.05) is 39.0 Å². The minimum absolute atomic E-state index is 0.0341. The Balaban J connectivity index is 2.15. The second-order valence-electron chi connectivity index (χ2n) is 4.64. The Hall–Kier alpha value is -1.46. The number of aromatic nitrogens is 1. The van der Waals surface area contributed by atoms with Crippen LogP contribution >= 0.6 is 11.3 Å². The van der Waals surface area contributed by atoms with Crippen LogP contribution < -0.4 is 10.6 Å². The van der Waals surface area contributed by atoms with E-state index in [0.29, 0.717) is 0 Å². The Labute approximate surface area is 110 Å². The first kappa shape index (κ1) is 13.0. The highest BCUT2D eigenvalue weighted by atomic mass is 32.1. The largest absolute Gasteiger partial charge is 0.324 e. The third-order valence-corrected chi connectivity index (χ3v) is 3.57.